The Hall–Kier alpha value is -1.36. The average Bonchev–Trinajstić information content (AvgIpc) is 3.16. The van der Waals surface area contributed by atoms with E-state index in [2.05, 4.69) is 36.1 Å². The first kappa shape index (κ1) is 15.5. The van der Waals surface area contributed by atoms with Gasteiger partial charge in [0.1, 0.15) is 0 Å². The minimum Gasteiger partial charge on any atom is -0.352 e. The number of hydrogen-bond acceptors (Lipinski definition) is 3. The molecule has 1 aliphatic heterocycles. The zero-order valence-electron chi connectivity index (χ0n) is 14.2. The summed E-state index contributed by atoms with van der Waals surface area (Å²) in [6, 6.07) is 0.672. The molecule has 2 fully saturated rings. The number of hydrogen-bond donors (Lipinski definition) is 1. The van der Waals surface area contributed by atoms with E-state index >= 15 is 0 Å². The molecule has 5 nitrogen and oxygen atoms in total. The van der Waals surface area contributed by atoms with Crippen LogP contribution in [0.4, 0.5) is 0 Å². The van der Waals surface area contributed by atoms with E-state index in [1.807, 2.05) is 11.7 Å². The lowest BCUT2D eigenvalue weighted by Crippen LogP contribution is -2.41. The van der Waals surface area contributed by atoms with E-state index in [0.717, 1.165) is 25.1 Å². The van der Waals surface area contributed by atoms with Crippen LogP contribution in [0.2, 0.25) is 0 Å². The summed E-state index contributed by atoms with van der Waals surface area (Å²) in [6.45, 7) is 7.85. The normalized spacial score (nSPS) is 23.7. The van der Waals surface area contributed by atoms with Crippen LogP contribution in [0.25, 0.3) is 0 Å². The molecule has 1 aromatic heterocycles. The van der Waals surface area contributed by atoms with Gasteiger partial charge in [0.15, 0.2) is 0 Å². The fourth-order valence-electron chi connectivity index (χ4n) is 3.81. The van der Waals surface area contributed by atoms with Crippen molar-refractivity contribution in [2.75, 3.05) is 13.1 Å². The summed E-state index contributed by atoms with van der Waals surface area (Å²) in [5.41, 5.74) is 3.65. The molecule has 2 atom stereocenters. The van der Waals surface area contributed by atoms with Crippen molar-refractivity contribution < 1.29 is 4.79 Å². The largest absolute Gasteiger partial charge is 0.352 e. The van der Waals surface area contributed by atoms with Crippen molar-refractivity contribution >= 4 is 5.91 Å². The molecule has 0 spiro atoms. The lowest BCUT2D eigenvalue weighted by Gasteiger charge is -2.25. The predicted octanol–water partition coefficient (Wildman–Crippen LogP) is 2.09. The molecule has 2 aliphatic rings. The van der Waals surface area contributed by atoms with Gasteiger partial charge in [0.25, 0.3) is 0 Å². The highest BCUT2D eigenvalue weighted by Crippen LogP contribution is 2.35. The summed E-state index contributed by atoms with van der Waals surface area (Å²) in [4.78, 5) is 14.6. The van der Waals surface area contributed by atoms with Gasteiger partial charge in [-0.1, -0.05) is 0 Å². The zero-order valence-corrected chi connectivity index (χ0v) is 14.2. The van der Waals surface area contributed by atoms with E-state index < -0.39 is 0 Å². The van der Waals surface area contributed by atoms with Crippen LogP contribution in [0.3, 0.4) is 0 Å². The van der Waals surface area contributed by atoms with Crippen molar-refractivity contribution in [2.45, 2.75) is 58.5 Å². The number of aromatic nitrogens is 2. The van der Waals surface area contributed by atoms with E-state index in [0.29, 0.717) is 24.5 Å². The van der Waals surface area contributed by atoms with Crippen molar-refractivity contribution in [2.24, 2.45) is 13.0 Å². The predicted molar refractivity (Wildman–Crippen MR) is 86.6 cm³/mol. The summed E-state index contributed by atoms with van der Waals surface area (Å²) in [5.74, 6) is 0.881. The van der Waals surface area contributed by atoms with Crippen LogP contribution in [0.5, 0.6) is 0 Å². The van der Waals surface area contributed by atoms with Gasteiger partial charge in [-0.05, 0) is 58.9 Å². The molecular formula is C17H28N4O. The second-order valence-electron chi connectivity index (χ2n) is 7.03. The number of amides is 1. The van der Waals surface area contributed by atoms with Gasteiger partial charge in [-0.2, -0.15) is 5.10 Å². The molecule has 0 radical (unpaired) electrons. The maximum atomic E-state index is 12.3. The van der Waals surface area contributed by atoms with Crippen molar-refractivity contribution in [3.05, 3.63) is 17.0 Å². The van der Waals surface area contributed by atoms with Crippen LogP contribution in [0.15, 0.2) is 0 Å². The Balaban J connectivity index is 1.66. The molecule has 5 heteroatoms. The van der Waals surface area contributed by atoms with Crippen molar-refractivity contribution in [1.82, 2.24) is 20.0 Å². The molecule has 1 saturated carbocycles. The Kier molecular flexibility index (Phi) is 4.26. The van der Waals surface area contributed by atoms with Gasteiger partial charge in [0, 0.05) is 30.4 Å². The molecule has 22 heavy (non-hydrogen) atoms. The number of nitrogens with zero attached hydrogens (tertiary/aromatic N) is 3. The fraction of sp³-hybridized carbons (Fsp3) is 0.765. The Bertz CT molecular complexity index is 561. The van der Waals surface area contributed by atoms with E-state index in [1.165, 1.54) is 24.1 Å². The lowest BCUT2D eigenvalue weighted by molar-refractivity contribution is -0.123. The average molecular weight is 304 g/mol. The number of carbonyl (C=O) groups excluding carboxylic acids is 1. The van der Waals surface area contributed by atoms with Crippen molar-refractivity contribution in [3.8, 4) is 0 Å². The molecule has 2 heterocycles. The van der Waals surface area contributed by atoms with Gasteiger partial charge in [-0.15, -0.1) is 0 Å². The summed E-state index contributed by atoms with van der Waals surface area (Å²) >= 11 is 0. The number of carbonyl (C=O) groups is 1. The van der Waals surface area contributed by atoms with Crippen LogP contribution in [0, 0.1) is 19.8 Å². The SMILES string of the molecule is Cc1nn(C)c(C)c1[C@H]1CCCN1CC(=O)N[C@@H](C)C1CC1. The fourth-order valence-corrected chi connectivity index (χ4v) is 3.81. The molecule has 1 amide bonds. The number of aryl methyl sites for hydroxylation is 2. The Labute approximate surface area is 133 Å². The van der Waals surface area contributed by atoms with Gasteiger partial charge in [-0.25, -0.2) is 0 Å². The highest BCUT2D eigenvalue weighted by Gasteiger charge is 2.33. The first-order valence-electron chi connectivity index (χ1n) is 8.51. The highest BCUT2D eigenvalue weighted by molar-refractivity contribution is 5.78. The second-order valence-corrected chi connectivity index (χ2v) is 7.03. The van der Waals surface area contributed by atoms with E-state index in [-0.39, 0.29) is 5.91 Å². The van der Waals surface area contributed by atoms with Crippen LogP contribution >= 0.6 is 0 Å². The minimum absolute atomic E-state index is 0.172. The topological polar surface area (TPSA) is 50.2 Å². The van der Waals surface area contributed by atoms with E-state index in [9.17, 15) is 4.79 Å². The Morgan fingerprint density at radius 3 is 2.68 bits per heavy atom. The highest BCUT2D eigenvalue weighted by atomic mass is 16.2. The summed E-state index contributed by atoms with van der Waals surface area (Å²) < 4.78 is 1.95. The number of likely N-dealkylation sites (tertiary alicyclic amines) is 1. The third kappa shape index (κ3) is 3.05. The lowest BCUT2D eigenvalue weighted by atomic mass is 10.0. The van der Waals surface area contributed by atoms with Crippen molar-refractivity contribution in [1.29, 1.82) is 0 Å². The van der Waals surface area contributed by atoms with Gasteiger partial charge < -0.3 is 5.32 Å². The minimum atomic E-state index is 0.172. The molecule has 0 bridgehead atoms. The van der Waals surface area contributed by atoms with Gasteiger partial charge in [-0.3, -0.25) is 14.4 Å². The molecule has 122 valence electrons. The van der Waals surface area contributed by atoms with Gasteiger partial charge in [0.2, 0.25) is 5.91 Å². The number of rotatable bonds is 5. The summed E-state index contributed by atoms with van der Waals surface area (Å²) in [5, 5.41) is 7.71. The quantitative estimate of drug-likeness (QED) is 0.906. The molecule has 1 aliphatic carbocycles. The molecular weight excluding hydrogens is 276 g/mol. The third-order valence-corrected chi connectivity index (χ3v) is 5.33. The van der Waals surface area contributed by atoms with Gasteiger partial charge >= 0.3 is 0 Å². The molecule has 1 aromatic rings. The van der Waals surface area contributed by atoms with Crippen LogP contribution in [-0.2, 0) is 11.8 Å². The van der Waals surface area contributed by atoms with Crippen LogP contribution in [0.1, 0.15) is 55.6 Å². The molecule has 1 saturated heterocycles. The first-order chi connectivity index (χ1) is 10.5. The third-order valence-electron chi connectivity index (χ3n) is 5.33. The summed E-state index contributed by atoms with van der Waals surface area (Å²) in [6.07, 6.45) is 4.81. The van der Waals surface area contributed by atoms with Crippen molar-refractivity contribution in [3.63, 3.8) is 0 Å². The second kappa shape index (κ2) is 6.03. The molecule has 0 aromatic carbocycles. The first-order valence-corrected chi connectivity index (χ1v) is 8.51. The summed E-state index contributed by atoms with van der Waals surface area (Å²) in [7, 11) is 2.00. The Morgan fingerprint density at radius 1 is 1.36 bits per heavy atom. The molecule has 3 rings (SSSR count). The smallest absolute Gasteiger partial charge is 0.234 e. The van der Waals surface area contributed by atoms with Gasteiger partial charge in [0.05, 0.1) is 12.2 Å². The standard InChI is InChI=1S/C17H28N4O/c1-11(14-7-8-14)18-16(22)10-21-9-5-6-15(21)17-12(2)19-20(4)13(17)3/h11,14-15H,5-10H2,1-4H3,(H,18,22)/t11-,15+/m0/s1. The van der Waals surface area contributed by atoms with E-state index in [1.54, 1.807) is 0 Å². The van der Waals surface area contributed by atoms with Crippen LogP contribution < -0.4 is 5.32 Å². The number of nitrogens with one attached hydrogen (secondary N) is 1. The van der Waals surface area contributed by atoms with Crippen LogP contribution in [-0.4, -0.2) is 39.7 Å². The maximum Gasteiger partial charge on any atom is 0.234 e. The zero-order chi connectivity index (χ0) is 15.9. The Morgan fingerprint density at radius 2 is 2.09 bits per heavy atom. The monoisotopic (exact) mass is 304 g/mol. The molecule has 1 N–H and O–H groups in total. The molecule has 0 unspecified atom stereocenters. The van der Waals surface area contributed by atoms with E-state index in [4.69, 9.17) is 0 Å². The maximum absolute atomic E-state index is 12.3.